The predicted molar refractivity (Wildman–Crippen MR) is 74.0 cm³/mol. The minimum Gasteiger partial charge on any atom is -0.354 e. The second kappa shape index (κ2) is 5.73. The molecule has 1 aromatic carbocycles. The van der Waals surface area contributed by atoms with Gasteiger partial charge in [-0.25, -0.2) is 8.42 Å². The summed E-state index contributed by atoms with van der Waals surface area (Å²) in [5.41, 5.74) is 0.731. The van der Waals surface area contributed by atoms with Crippen molar-refractivity contribution in [3.63, 3.8) is 0 Å². The Hall–Kier alpha value is -1.37. The lowest BCUT2D eigenvalue weighted by molar-refractivity contribution is -0.122. The van der Waals surface area contributed by atoms with Gasteiger partial charge in [-0.15, -0.1) is 0 Å². The third kappa shape index (κ3) is 3.79. The highest BCUT2D eigenvalue weighted by atomic mass is 35.5. The highest BCUT2D eigenvalue weighted by molar-refractivity contribution is 7.92. The molecule has 5 nitrogen and oxygen atoms in total. The monoisotopic (exact) mass is 300 g/mol. The fourth-order valence-corrected chi connectivity index (χ4v) is 2.93. The van der Waals surface area contributed by atoms with Crippen molar-refractivity contribution in [3.8, 4) is 0 Å². The number of hydrogen-bond acceptors (Lipinski definition) is 3. The second-order valence-electron chi connectivity index (χ2n) is 4.08. The smallest absolute Gasteiger partial charge is 0.236 e. The van der Waals surface area contributed by atoms with E-state index in [-0.39, 0.29) is 12.5 Å². The highest BCUT2D eigenvalue weighted by Crippen LogP contribution is 2.12. The third-order valence-corrected chi connectivity index (χ3v) is 4.43. The first-order chi connectivity index (χ1) is 8.97. The second-order valence-corrected chi connectivity index (χ2v) is 6.34. The summed E-state index contributed by atoms with van der Waals surface area (Å²) in [5.74, 6) is -0.283. The maximum Gasteiger partial charge on any atom is 0.236 e. The van der Waals surface area contributed by atoms with Crippen LogP contribution in [0.25, 0.3) is 6.08 Å². The lowest BCUT2D eigenvalue weighted by Gasteiger charge is -2.24. The van der Waals surface area contributed by atoms with E-state index in [0.29, 0.717) is 18.1 Å². The van der Waals surface area contributed by atoms with Crippen LogP contribution in [0.3, 0.4) is 0 Å². The number of hydrogen-bond donors (Lipinski definition) is 1. The zero-order valence-electron chi connectivity index (χ0n) is 10.0. The van der Waals surface area contributed by atoms with Crippen molar-refractivity contribution in [2.75, 3.05) is 19.6 Å². The van der Waals surface area contributed by atoms with Crippen LogP contribution in [0.2, 0.25) is 5.02 Å². The van der Waals surface area contributed by atoms with Crippen molar-refractivity contribution < 1.29 is 13.2 Å². The summed E-state index contributed by atoms with van der Waals surface area (Å²) in [6, 6.07) is 6.80. The van der Waals surface area contributed by atoms with Crippen molar-refractivity contribution in [3.05, 3.63) is 40.3 Å². The van der Waals surface area contributed by atoms with Gasteiger partial charge in [0.05, 0.1) is 6.54 Å². The van der Waals surface area contributed by atoms with Gasteiger partial charge in [-0.2, -0.15) is 4.31 Å². The molecule has 1 aromatic rings. The van der Waals surface area contributed by atoms with Gasteiger partial charge in [0, 0.05) is 23.5 Å². The number of nitrogens with zero attached hydrogens (tertiary/aromatic N) is 1. The van der Waals surface area contributed by atoms with E-state index < -0.39 is 10.0 Å². The van der Waals surface area contributed by atoms with Gasteiger partial charge in [0.25, 0.3) is 0 Å². The average molecular weight is 301 g/mol. The molecule has 0 bridgehead atoms. The van der Waals surface area contributed by atoms with Crippen LogP contribution in [-0.2, 0) is 14.8 Å². The summed E-state index contributed by atoms with van der Waals surface area (Å²) in [5, 5.41) is 4.28. The average Bonchev–Trinajstić information content (AvgIpc) is 2.38. The molecular formula is C12H13ClN2O3S. The standard InChI is InChI=1S/C12H13ClN2O3S/c13-11-3-1-10(2-4-11)5-8-19(17,18)15-7-6-14-12(16)9-15/h1-5,8H,6-7,9H2,(H,14,16)/b8-5+. The number of nitrogens with one attached hydrogen (secondary N) is 1. The van der Waals surface area contributed by atoms with E-state index in [2.05, 4.69) is 5.32 Å². The number of halogens is 1. The fourth-order valence-electron chi connectivity index (χ4n) is 1.66. The Morgan fingerprint density at radius 2 is 1.95 bits per heavy atom. The molecule has 0 saturated carbocycles. The van der Waals surface area contributed by atoms with Gasteiger partial charge in [0.15, 0.2) is 0 Å². The molecule has 0 aromatic heterocycles. The maximum absolute atomic E-state index is 12.0. The normalized spacial score (nSPS) is 17.6. The lowest BCUT2D eigenvalue weighted by Crippen LogP contribution is -2.49. The first kappa shape index (κ1) is 14.0. The number of carbonyl (C=O) groups is 1. The van der Waals surface area contributed by atoms with Crippen LogP contribution in [0.15, 0.2) is 29.7 Å². The zero-order valence-corrected chi connectivity index (χ0v) is 11.6. The van der Waals surface area contributed by atoms with E-state index in [1.807, 2.05) is 0 Å². The molecule has 19 heavy (non-hydrogen) atoms. The van der Waals surface area contributed by atoms with Crippen LogP contribution >= 0.6 is 11.6 Å². The molecular weight excluding hydrogens is 288 g/mol. The molecule has 2 rings (SSSR count). The first-order valence-electron chi connectivity index (χ1n) is 5.68. The lowest BCUT2D eigenvalue weighted by atomic mass is 10.2. The summed E-state index contributed by atoms with van der Waals surface area (Å²) in [6.45, 7) is 0.499. The molecule has 0 spiro atoms. The molecule has 102 valence electrons. The van der Waals surface area contributed by atoms with E-state index in [1.54, 1.807) is 24.3 Å². The van der Waals surface area contributed by atoms with Gasteiger partial charge in [0.1, 0.15) is 0 Å². The maximum atomic E-state index is 12.0. The molecule has 1 N–H and O–H groups in total. The molecule has 1 heterocycles. The number of rotatable bonds is 3. The largest absolute Gasteiger partial charge is 0.354 e. The first-order valence-corrected chi connectivity index (χ1v) is 7.56. The minimum absolute atomic E-state index is 0.132. The Morgan fingerprint density at radius 1 is 1.26 bits per heavy atom. The van der Waals surface area contributed by atoms with Crippen LogP contribution in [-0.4, -0.2) is 38.3 Å². The van der Waals surface area contributed by atoms with Gasteiger partial charge < -0.3 is 5.32 Å². The quantitative estimate of drug-likeness (QED) is 0.908. The van der Waals surface area contributed by atoms with Crippen molar-refractivity contribution in [1.29, 1.82) is 0 Å². The molecule has 1 saturated heterocycles. The predicted octanol–water partition coefficient (Wildman–Crippen LogP) is 1.07. The van der Waals surface area contributed by atoms with Gasteiger partial charge in [-0.3, -0.25) is 4.79 Å². The van der Waals surface area contributed by atoms with E-state index >= 15 is 0 Å². The molecule has 1 amide bonds. The summed E-state index contributed by atoms with van der Waals surface area (Å²) in [6.07, 6.45) is 1.48. The summed E-state index contributed by atoms with van der Waals surface area (Å²) in [7, 11) is -3.57. The van der Waals surface area contributed by atoms with Crippen molar-refractivity contribution in [2.45, 2.75) is 0 Å². The topological polar surface area (TPSA) is 66.5 Å². The Labute approximate surface area is 116 Å². The molecule has 0 atom stereocenters. The number of amides is 1. The van der Waals surface area contributed by atoms with E-state index in [4.69, 9.17) is 11.6 Å². The van der Waals surface area contributed by atoms with Crippen LogP contribution in [0.1, 0.15) is 5.56 Å². The van der Waals surface area contributed by atoms with E-state index in [0.717, 1.165) is 15.3 Å². The van der Waals surface area contributed by atoms with Gasteiger partial charge in [-0.05, 0) is 23.8 Å². The summed E-state index contributed by atoms with van der Waals surface area (Å²) < 4.78 is 25.2. The Bertz CT molecular complexity index is 596. The van der Waals surface area contributed by atoms with Crippen molar-refractivity contribution in [2.24, 2.45) is 0 Å². The molecule has 1 aliphatic heterocycles. The van der Waals surface area contributed by atoms with Gasteiger partial charge in [0.2, 0.25) is 15.9 Å². The Kier molecular flexibility index (Phi) is 4.24. The Morgan fingerprint density at radius 3 is 2.58 bits per heavy atom. The van der Waals surface area contributed by atoms with Gasteiger partial charge in [-0.1, -0.05) is 23.7 Å². The molecule has 0 unspecified atom stereocenters. The molecule has 1 aliphatic rings. The SMILES string of the molecule is O=C1CN(S(=O)(=O)/C=C/c2ccc(Cl)cc2)CCN1. The van der Waals surface area contributed by atoms with E-state index in [9.17, 15) is 13.2 Å². The highest BCUT2D eigenvalue weighted by Gasteiger charge is 2.25. The summed E-state index contributed by atoms with van der Waals surface area (Å²) >= 11 is 5.74. The third-order valence-electron chi connectivity index (χ3n) is 2.67. The molecule has 0 radical (unpaired) electrons. The van der Waals surface area contributed by atoms with E-state index in [1.165, 1.54) is 6.08 Å². The number of benzene rings is 1. The van der Waals surface area contributed by atoms with Crippen molar-refractivity contribution in [1.82, 2.24) is 9.62 Å². The molecule has 7 heteroatoms. The van der Waals surface area contributed by atoms with Gasteiger partial charge >= 0.3 is 0 Å². The number of carbonyl (C=O) groups excluding carboxylic acids is 1. The number of sulfonamides is 1. The van der Waals surface area contributed by atoms with Crippen molar-refractivity contribution >= 4 is 33.6 Å². The zero-order chi connectivity index (χ0) is 13.9. The fraction of sp³-hybridized carbons (Fsp3) is 0.250. The van der Waals surface area contributed by atoms with Crippen LogP contribution in [0.4, 0.5) is 0 Å². The van der Waals surface area contributed by atoms with Crippen LogP contribution in [0.5, 0.6) is 0 Å². The summed E-state index contributed by atoms with van der Waals surface area (Å²) in [4.78, 5) is 11.2. The Balaban J connectivity index is 2.12. The van der Waals surface area contributed by atoms with Crippen LogP contribution in [0, 0.1) is 0 Å². The molecule has 0 aliphatic carbocycles. The molecule has 1 fully saturated rings. The van der Waals surface area contributed by atoms with Crippen LogP contribution < -0.4 is 5.32 Å². The minimum atomic E-state index is -3.57. The number of piperazine rings is 1.